The van der Waals surface area contributed by atoms with Crippen LogP contribution in [0.25, 0.3) is 11.2 Å². The van der Waals surface area contributed by atoms with Gasteiger partial charge < -0.3 is 29.5 Å². The van der Waals surface area contributed by atoms with E-state index in [1.807, 2.05) is 13.8 Å². The van der Waals surface area contributed by atoms with Gasteiger partial charge in [-0.15, -0.1) is 0 Å². The Balaban J connectivity index is 1.92. The van der Waals surface area contributed by atoms with Crippen LogP contribution in [0.5, 0.6) is 0 Å². The van der Waals surface area contributed by atoms with E-state index in [4.69, 9.17) is 14.2 Å². The zero-order valence-electron chi connectivity index (χ0n) is 15.0. The highest BCUT2D eigenvalue weighted by Gasteiger charge is 2.43. The molecule has 0 radical (unpaired) electrons. The van der Waals surface area contributed by atoms with Crippen LogP contribution in [-0.4, -0.2) is 79.3 Å². The smallest absolute Gasteiger partial charge is 0.222 e. The minimum absolute atomic E-state index is 0.370. The largest absolute Gasteiger partial charge is 0.394 e. The first-order chi connectivity index (χ1) is 13.1. The van der Waals surface area contributed by atoms with Gasteiger partial charge in [0.05, 0.1) is 12.9 Å². The molecule has 1 saturated heterocycles. The normalized spacial score (nSPS) is 25.1. The molecule has 0 saturated carbocycles. The summed E-state index contributed by atoms with van der Waals surface area (Å²) in [6.45, 7) is 4.19. The van der Waals surface area contributed by atoms with E-state index in [1.165, 1.54) is 17.2 Å². The quantitative estimate of drug-likeness (QED) is 0.436. The van der Waals surface area contributed by atoms with Crippen molar-refractivity contribution in [1.29, 1.82) is 0 Å². The van der Waals surface area contributed by atoms with E-state index < -0.39 is 37.4 Å². The maximum Gasteiger partial charge on any atom is 0.222 e. The number of ether oxygens (including phenoxy) is 3. The van der Waals surface area contributed by atoms with Gasteiger partial charge in [0.25, 0.3) is 0 Å². The minimum Gasteiger partial charge on any atom is -0.394 e. The molecule has 3 rings (SSSR count). The summed E-state index contributed by atoms with van der Waals surface area (Å²) in [6.07, 6.45) is -2.19. The molecule has 3 N–H and O–H groups in total. The van der Waals surface area contributed by atoms with E-state index in [2.05, 4.69) is 26.8 Å². The van der Waals surface area contributed by atoms with Crippen molar-refractivity contribution in [2.24, 2.45) is 0 Å². The molecule has 10 heteroatoms. The molecule has 0 spiro atoms. The van der Waals surface area contributed by atoms with Crippen LogP contribution in [0.4, 0.5) is 0 Å². The van der Waals surface area contributed by atoms with Gasteiger partial charge in [0.15, 0.2) is 11.9 Å². The minimum atomic E-state index is -1.23. The molecule has 0 amide bonds. The Morgan fingerprint density at radius 3 is 2.56 bits per heavy atom. The van der Waals surface area contributed by atoms with Crippen LogP contribution >= 0.6 is 0 Å². The average molecular weight is 378 g/mol. The first-order valence-corrected chi connectivity index (χ1v) is 8.65. The number of fused-ring (bicyclic) bond motifs is 1. The highest BCUT2D eigenvalue weighted by Crippen LogP contribution is 2.31. The molecule has 1 aliphatic rings. The van der Waals surface area contributed by atoms with Gasteiger partial charge in [-0.3, -0.25) is 4.57 Å². The summed E-state index contributed by atoms with van der Waals surface area (Å²) in [5.74, 6) is 5.73. The fourth-order valence-corrected chi connectivity index (χ4v) is 2.80. The zero-order valence-corrected chi connectivity index (χ0v) is 15.0. The molecule has 2 aromatic rings. The zero-order chi connectivity index (χ0) is 19.4. The van der Waals surface area contributed by atoms with E-state index in [1.54, 1.807) is 0 Å². The Kier molecular flexibility index (Phi) is 6.33. The van der Waals surface area contributed by atoms with E-state index in [0.29, 0.717) is 30.1 Å². The van der Waals surface area contributed by atoms with Gasteiger partial charge in [-0.1, -0.05) is 0 Å². The first-order valence-electron chi connectivity index (χ1n) is 8.65. The SMILES string of the molecule is CCOC(C#Cc1ncnc2c1ncn2[C@@H]1O[C@H](CO)[C@@H](O)[C@H]1O)OCC. The van der Waals surface area contributed by atoms with Gasteiger partial charge in [-0.05, 0) is 25.7 Å². The van der Waals surface area contributed by atoms with Crippen LogP contribution in [0.3, 0.4) is 0 Å². The summed E-state index contributed by atoms with van der Waals surface area (Å²) in [5, 5.41) is 29.4. The lowest BCUT2D eigenvalue weighted by atomic mass is 10.1. The summed E-state index contributed by atoms with van der Waals surface area (Å²) in [5.41, 5.74) is 1.16. The molecule has 2 aromatic heterocycles. The third kappa shape index (κ3) is 3.93. The maximum absolute atomic E-state index is 10.2. The Morgan fingerprint density at radius 1 is 1.19 bits per heavy atom. The molecule has 1 aliphatic heterocycles. The monoisotopic (exact) mass is 378 g/mol. The molecule has 0 aliphatic carbocycles. The van der Waals surface area contributed by atoms with E-state index >= 15 is 0 Å². The molecule has 146 valence electrons. The Bertz CT molecular complexity index is 826. The predicted octanol–water partition coefficient (Wildman–Crippen LogP) is -0.812. The number of hydrogen-bond donors (Lipinski definition) is 3. The summed E-state index contributed by atoms with van der Waals surface area (Å²) in [4.78, 5) is 12.6. The highest BCUT2D eigenvalue weighted by atomic mass is 16.7. The third-order valence-corrected chi connectivity index (χ3v) is 4.09. The van der Waals surface area contributed by atoms with Crippen molar-refractivity contribution >= 4 is 11.2 Å². The molecule has 27 heavy (non-hydrogen) atoms. The predicted molar refractivity (Wildman–Crippen MR) is 92.3 cm³/mol. The highest BCUT2D eigenvalue weighted by molar-refractivity contribution is 5.76. The molecular formula is C17H22N4O6. The summed E-state index contributed by atoms with van der Waals surface area (Å²) in [7, 11) is 0. The molecule has 0 unspecified atom stereocenters. The van der Waals surface area contributed by atoms with Crippen LogP contribution in [0, 0.1) is 11.8 Å². The van der Waals surface area contributed by atoms with Crippen LogP contribution in [0.2, 0.25) is 0 Å². The van der Waals surface area contributed by atoms with Gasteiger partial charge in [0, 0.05) is 13.2 Å². The second-order valence-electron chi connectivity index (χ2n) is 5.79. The number of nitrogens with zero attached hydrogens (tertiary/aromatic N) is 4. The third-order valence-electron chi connectivity index (χ3n) is 4.09. The average Bonchev–Trinajstić information content (AvgIpc) is 3.22. The molecule has 0 aromatic carbocycles. The van der Waals surface area contributed by atoms with Crippen molar-refractivity contribution < 1.29 is 29.5 Å². The second-order valence-corrected chi connectivity index (χ2v) is 5.79. The molecule has 4 atom stereocenters. The second kappa shape index (κ2) is 8.71. The van der Waals surface area contributed by atoms with Crippen molar-refractivity contribution in [3.8, 4) is 11.8 Å². The van der Waals surface area contributed by atoms with Crippen LogP contribution in [0.1, 0.15) is 25.8 Å². The number of aliphatic hydroxyl groups excluding tert-OH is 3. The lowest BCUT2D eigenvalue weighted by molar-refractivity contribution is -0.0969. The van der Waals surface area contributed by atoms with Gasteiger partial charge in [0.2, 0.25) is 6.29 Å². The van der Waals surface area contributed by atoms with E-state index in [9.17, 15) is 15.3 Å². The fraction of sp³-hybridized carbons (Fsp3) is 0.588. The molecule has 3 heterocycles. The van der Waals surface area contributed by atoms with Crippen molar-refractivity contribution in [3.05, 3.63) is 18.3 Å². The van der Waals surface area contributed by atoms with Gasteiger partial charge in [-0.2, -0.15) is 0 Å². The molecule has 10 nitrogen and oxygen atoms in total. The van der Waals surface area contributed by atoms with Crippen LogP contribution in [-0.2, 0) is 14.2 Å². The lowest BCUT2D eigenvalue weighted by Gasteiger charge is -2.16. The van der Waals surface area contributed by atoms with E-state index in [-0.39, 0.29) is 0 Å². The topological polar surface area (TPSA) is 132 Å². The summed E-state index contributed by atoms with van der Waals surface area (Å²) >= 11 is 0. The maximum atomic E-state index is 10.2. The van der Waals surface area contributed by atoms with Crippen molar-refractivity contribution in [1.82, 2.24) is 19.5 Å². The van der Waals surface area contributed by atoms with Crippen LogP contribution in [0.15, 0.2) is 12.7 Å². The number of aliphatic hydroxyl groups is 3. The van der Waals surface area contributed by atoms with Gasteiger partial charge in [-0.25, -0.2) is 15.0 Å². The lowest BCUT2D eigenvalue weighted by Crippen LogP contribution is -2.33. The summed E-state index contributed by atoms with van der Waals surface area (Å²) < 4.78 is 17.8. The number of imidazole rings is 1. The first kappa shape index (κ1) is 19.6. The number of rotatable bonds is 6. The summed E-state index contributed by atoms with van der Waals surface area (Å²) in [6, 6.07) is 0. The Labute approximate surface area is 155 Å². The van der Waals surface area contributed by atoms with Gasteiger partial charge >= 0.3 is 0 Å². The van der Waals surface area contributed by atoms with E-state index in [0.717, 1.165) is 0 Å². The fourth-order valence-electron chi connectivity index (χ4n) is 2.80. The van der Waals surface area contributed by atoms with Crippen molar-refractivity contribution in [2.45, 2.75) is 44.7 Å². The number of hydrogen-bond acceptors (Lipinski definition) is 9. The Hall–Kier alpha value is -2.13. The standard InChI is InChI=1S/C17H22N4O6/c1-3-25-12(26-4-2)6-5-10-13-16(19-8-18-10)21(9-20-13)17-15(24)14(23)11(7-22)27-17/h8-9,11-12,14-15,17,22-24H,3-4,7H2,1-2H3/t11-,14-,15-,17-/m1/s1. The molecule has 0 bridgehead atoms. The molecular weight excluding hydrogens is 356 g/mol. The Morgan fingerprint density at radius 2 is 1.93 bits per heavy atom. The van der Waals surface area contributed by atoms with Gasteiger partial charge in [0.1, 0.15) is 35.8 Å². The van der Waals surface area contributed by atoms with Crippen molar-refractivity contribution in [2.75, 3.05) is 19.8 Å². The number of aromatic nitrogens is 4. The van der Waals surface area contributed by atoms with Crippen molar-refractivity contribution in [3.63, 3.8) is 0 Å². The van der Waals surface area contributed by atoms with Crippen LogP contribution < -0.4 is 0 Å². The molecule has 1 fully saturated rings.